The topological polar surface area (TPSA) is 86.8 Å². The standard InChI is InChI=1S/C29H30N2O5S/c1-6-37-28(29(33)31-19-8-7-11-30-16-19)26-17(2)22(21-10-9-20(34-3)15-23(21)26)12-18-13-24(35-4)27(32)25(14-18)36-5/h7-16,26,28H,6H2,1-5H3,(H,31,33). The minimum absolute atomic E-state index is 0.0849. The van der Waals surface area contributed by atoms with Crippen molar-refractivity contribution in [2.75, 3.05) is 32.4 Å². The average molecular weight is 519 g/mol. The van der Waals surface area contributed by atoms with Gasteiger partial charge in [-0.25, -0.2) is 0 Å². The van der Waals surface area contributed by atoms with Crippen molar-refractivity contribution in [3.8, 4) is 5.75 Å². The lowest BCUT2D eigenvalue weighted by atomic mass is 9.92. The summed E-state index contributed by atoms with van der Waals surface area (Å²) in [5.74, 6) is 1.36. The number of pyridine rings is 1. The van der Waals surface area contributed by atoms with E-state index in [1.165, 1.54) is 14.2 Å². The van der Waals surface area contributed by atoms with Crippen LogP contribution in [0.4, 0.5) is 5.69 Å². The lowest BCUT2D eigenvalue weighted by Gasteiger charge is -2.25. The van der Waals surface area contributed by atoms with Gasteiger partial charge in [0.15, 0.2) is 11.5 Å². The number of rotatable bonds is 9. The first-order chi connectivity index (χ1) is 17.9. The van der Waals surface area contributed by atoms with Crippen molar-refractivity contribution in [2.24, 2.45) is 0 Å². The first-order valence-corrected chi connectivity index (χ1v) is 13.0. The van der Waals surface area contributed by atoms with Gasteiger partial charge in [0.1, 0.15) is 5.75 Å². The Kier molecular flexibility index (Phi) is 8.18. The second kappa shape index (κ2) is 11.5. The van der Waals surface area contributed by atoms with E-state index in [0.29, 0.717) is 5.69 Å². The molecule has 4 rings (SSSR count). The molecule has 0 aliphatic heterocycles. The van der Waals surface area contributed by atoms with E-state index in [1.54, 1.807) is 49.5 Å². The van der Waals surface area contributed by atoms with Crippen molar-refractivity contribution < 1.29 is 23.8 Å². The predicted octanol–water partition coefficient (Wildman–Crippen LogP) is 5.29. The smallest absolute Gasteiger partial charge is 0.261 e. The number of nitrogens with zero attached hydrogens (tertiary/aromatic N) is 1. The average Bonchev–Trinajstić information content (AvgIpc) is 3.18. The summed E-state index contributed by atoms with van der Waals surface area (Å²) < 4.78 is 16.1. The molecule has 2 aliphatic carbocycles. The molecule has 0 saturated heterocycles. The van der Waals surface area contributed by atoms with Crippen LogP contribution >= 0.6 is 11.8 Å². The molecule has 0 spiro atoms. The number of nitrogens with one attached hydrogen (secondary N) is 1. The van der Waals surface area contributed by atoms with Gasteiger partial charge in [0.05, 0.1) is 38.5 Å². The number of anilines is 1. The second-order valence-electron chi connectivity index (χ2n) is 8.53. The summed E-state index contributed by atoms with van der Waals surface area (Å²) in [6.45, 7) is 4.10. The first-order valence-electron chi connectivity index (χ1n) is 11.9. The third-order valence-corrected chi connectivity index (χ3v) is 7.58. The number of hydrogen-bond acceptors (Lipinski definition) is 7. The molecule has 2 atom stereocenters. The minimum atomic E-state index is -0.380. The van der Waals surface area contributed by atoms with Gasteiger partial charge in [-0.2, -0.15) is 0 Å². The van der Waals surface area contributed by atoms with Gasteiger partial charge in [-0.3, -0.25) is 14.6 Å². The van der Waals surface area contributed by atoms with E-state index in [-0.39, 0.29) is 34.4 Å². The number of Topliss-reactive ketones (excluding diaryl/α,β-unsaturated/α-hetero) is 1. The summed E-state index contributed by atoms with van der Waals surface area (Å²) in [7, 11) is 4.56. The highest BCUT2D eigenvalue weighted by atomic mass is 32.2. The number of methoxy groups -OCH3 is 3. The highest BCUT2D eigenvalue weighted by molar-refractivity contribution is 8.00. The van der Waals surface area contributed by atoms with Crippen LogP contribution in [-0.2, 0) is 19.1 Å². The molecule has 8 heteroatoms. The largest absolute Gasteiger partial charge is 0.497 e. The van der Waals surface area contributed by atoms with Crippen molar-refractivity contribution in [3.05, 3.63) is 94.7 Å². The van der Waals surface area contributed by atoms with Crippen molar-refractivity contribution in [1.29, 1.82) is 0 Å². The third kappa shape index (κ3) is 5.34. The maximum atomic E-state index is 13.6. The molecule has 0 radical (unpaired) electrons. The van der Waals surface area contributed by atoms with Crippen LogP contribution in [0.2, 0.25) is 0 Å². The van der Waals surface area contributed by atoms with Gasteiger partial charge in [0, 0.05) is 12.1 Å². The van der Waals surface area contributed by atoms with Gasteiger partial charge >= 0.3 is 0 Å². The van der Waals surface area contributed by atoms with Crippen molar-refractivity contribution >= 4 is 34.7 Å². The fraction of sp³-hybridized carbons (Fsp3) is 0.276. The molecular weight excluding hydrogens is 488 g/mol. The zero-order valence-electron chi connectivity index (χ0n) is 21.5. The number of ether oxygens (including phenoxy) is 3. The molecule has 0 saturated carbocycles. The SMILES string of the molecule is CCSC(C(=O)Nc1cccnc1)C1C(C)=C(C=C2C=C(OC)C(=O)C(OC)=C2)c2ccc(OC)cc21. The van der Waals surface area contributed by atoms with Crippen molar-refractivity contribution in [1.82, 2.24) is 4.98 Å². The number of amides is 1. The molecule has 1 aromatic heterocycles. The Bertz CT molecular complexity index is 1300. The summed E-state index contributed by atoms with van der Waals surface area (Å²) in [6, 6.07) is 9.56. The molecule has 0 fully saturated rings. The quantitative estimate of drug-likeness (QED) is 0.483. The lowest BCUT2D eigenvalue weighted by molar-refractivity contribution is -0.118. The molecule has 2 unspecified atom stereocenters. The third-order valence-electron chi connectivity index (χ3n) is 6.41. The van der Waals surface area contributed by atoms with Gasteiger partial charge in [0.25, 0.3) is 5.78 Å². The zero-order chi connectivity index (χ0) is 26.5. The molecule has 2 aliphatic rings. The Morgan fingerprint density at radius 1 is 1.14 bits per heavy atom. The number of carbonyl (C=O) groups is 2. The fourth-order valence-electron chi connectivity index (χ4n) is 4.67. The van der Waals surface area contributed by atoms with Crippen LogP contribution in [0.5, 0.6) is 5.75 Å². The molecule has 192 valence electrons. The number of hydrogen-bond donors (Lipinski definition) is 1. The zero-order valence-corrected chi connectivity index (χ0v) is 22.3. The van der Waals surface area contributed by atoms with Crippen LogP contribution < -0.4 is 10.1 Å². The summed E-state index contributed by atoms with van der Waals surface area (Å²) in [5, 5.41) is 2.65. The summed E-state index contributed by atoms with van der Waals surface area (Å²) in [6.07, 6.45) is 8.73. The Hall–Kier alpha value is -3.78. The maximum absolute atomic E-state index is 13.6. The van der Waals surface area contributed by atoms with E-state index >= 15 is 0 Å². The Balaban J connectivity index is 1.82. The molecule has 1 aromatic carbocycles. The number of ketones is 1. The summed E-state index contributed by atoms with van der Waals surface area (Å²) in [4.78, 5) is 30.1. The highest BCUT2D eigenvalue weighted by Gasteiger charge is 2.38. The fourth-order valence-corrected chi connectivity index (χ4v) is 5.78. The first kappa shape index (κ1) is 26.3. The minimum Gasteiger partial charge on any atom is -0.497 e. The highest BCUT2D eigenvalue weighted by Crippen LogP contribution is 2.49. The number of fused-ring (bicyclic) bond motifs is 1. The summed E-state index contributed by atoms with van der Waals surface area (Å²) in [5.41, 5.74) is 5.51. The van der Waals surface area contributed by atoms with Crippen LogP contribution in [0.25, 0.3) is 5.57 Å². The number of benzene rings is 1. The molecule has 37 heavy (non-hydrogen) atoms. The Labute approximate surface area is 221 Å². The van der Waals surface area contributed by atoms with Crippen molar-refractivity contribution in [3.63, 3.8) is 0 Å². The van der Waals surface area contributed by atoms with E-state index in [9.17, 15) is 9.59 Å². The van der Waals surface area contributed by atoms with E-state index < -0.39 is 0 Å². The van der Waals surface area contributed by atoms with Gasteiger partial charge in [-0.05, 0) is 77.4 Å². The second-order valence-corrected chi connectivity index (χ2v) is 9.95. The van der Waals surface area contributed by atoms with E-state index in [4.69, 9.17) is 14.2 Å². The molecule has 1 amide bonds. The van der Waals surface area contributed by atoms with Gasteiger partial charge in [-0.1, -0.05) is 18.6 Å². The van der Waals surface area contributed by atoms with Crippen molar-refractivity contribution in [2.45, 2.75) is 25.0 Å². The normalized spacial score (nSPS) is 17.5. The van der Waals surface area contributed by atoms with Gasteiger partial charge in [-0.15, -0.1) is 11.8 Å². The van der Waals surface area contributed by atoms with Crippen LogP contribution in [0.1, 0.15) is 30.9 Å². The van der Waals surface area contributed by atoms with Gasteiger partial charge in [0.2, 0.25) is 5.91 Å². The maximum Gasteiger partial charge on any atom is 0.261 e. The molecule has 0 bridgehead atoms. The number of aromatic nitrogens is 1. The van der Waals surface area contributed by atoms with Crippen LogP contribution in [0.15, 0.2) is 83.6 Å². The van der Waals surface area contributed by atoms with E-state index in [2.05, 4.69) is 17.2 Å². The monoisotopic (exact) mass is 518 g/mol. The van der Waals surface area contributed by atoms with Crippen LogP contribution in [0, 0.1) is 0 Å². The molecular formula is C29H30N2O5S. The molecule has 2 aromatic rings. The molecule has 1 heterocycles. The Morgan fingerprint density at radius 3 is 2.46 bits per heavy atom. The molecule has 1 N–H and O–H groups in total. The van der Waals surface area contributed by atoms with Crippen LogP contribution in [0.3, 0.4) is 0 Å². The van der Waals surface area contributed by atoms with Gasteiger partial charge < -0.3 is 19.5 Å². The predicted molar refractivity (Wildman–Crippen MR) is 146 cm³/mol. The van der Waals surface area contributed by atoms with E-state index in [0.717, 1.165) is 39.3 Å². The van der Waals surface area contributed by atoms with E-state index in [1.807, 2.05) is 37.3 Å². The van der Waals surface area contributed by atoms with Crippen LogP contribution in [-0.4, -0.2) is 49.0 Å². The lowest BCUT2D eigenvalue weighted by Crippen LogP contribution is -2.31. The number of carbonyl (C=O) groups excluding carboxylic acids is 2. The Morgan fingerprint density at radius 2 is 1.86 bits per heavy atom. The number of thioether (sulfide) groups is 1. The number of allylic oxidation sites excluding steroid dienone is 6. The molecule has 7 nitrogen and oxygen atoms in total. The summed E-state index contributed by atoms with van der Waals surface area (Å²) >= 11 is 1.60.